The Morgan fingerprint density at radius 1 is 1.08 bits per heavy atom. The van der Waals surface area contributed by atoms with Crippen LogP contribution in [0, 0.1) is 12.7 Å². The summed E-state index contributed by atoms with van der Waals surface area (Å²) in [5, 5.41) is 12.1. The lowest BCUT2D eigenvalue weighted by Gasteiger charge is -2.38. The van der Waals surface area contributed by atoms with Crippen molar-refractivity contribution in [2.45, 2.75) is 26.4 Å². The minimum atomic E-state index is -1.32. The fraction of sp³-hybridized carbons (Fsp3) is 0.310. The fourth-order valence-corrected chi connectivity index (χ4v) is 5.68. The van der Waals surface area contributed by atoms with Crippen molar-refractivity contribution in [3.63, 3.8) is 0 Å². The predicted octanol–water partition coefficient (Wildman–Crippen LogP) is 4.58. The van der Waals surface area contributed by atoms with Gasteiger partial charge in [-0.15, -0.1) is 0 Å². The summed E-state index contributed by atoms with van der Waals surface area (Å²) in [5.74, 6) is -1.57. The first kappa shape index (κ1) is 23.5. The van der Waals surface area contributed by atoms with E-state index >= 15 is 4.39 Å². The number of hydrogen-bond donors (Lipinski definition) is 1. The molecule has 8 heteroatoms. The molecule has 6 rings (SSSR count). The maximum atomic E-state index is 15.5. The van der Waals surface area contributed by atoms with Gasteiger partial charge >= 0.3 is 5.97 Å². The van der Waals surface area contributed by atoms with E-state index in [-0.39, 0.29) is 23.6 Å². The summed E-state index contributed by atoms with van der Waals surface area (Å²) in [6, 6.07) is 13.8. The number of benzene rings is 3. The lowest BCUT2D eigenvalue weighted by molar-refractivity contribution is 0.0694. The second-order valence-electron chi connectivity index (χ2n) is 10.0. The molecule has 0 amide bonds. The van der Waals surface area contributed by atoms with Crippen LogP contribution in [0.2, 0.25) is 0 Å². The molecule has 3 aromatic carbocycles. The highest BCUT2D eigenvalue weighted by molar-refractivity contribution is 5.97. The number of pyridine rings is 1. The molecule has 1 N–H and O–H groups in total. The zero-order chi connectivity index (χ0) is 25.8. The van der Waals surface area contributed by atoms with Gasteiger partial charge in [-0.2, -0.15) is 0 Å². The summed E-state index contributed by atoms with van der Waals surface area (Å²) >= 11 is 0. The largest absolute Gasteiger partial charge is 0.487 e. The van der Waals surface area contributed by atoms with Gasteiger partial charge in [0, 0.05) is 38.9 Å². The first-order chi connectivity index (χ1) is 17.8. The Labute approximate surface area is 213 Å². The van der Waals surface area contributed by atoms with Crippen LogP contribution in [0.25, 0.3) is 21.7 Å². The Bertz CT molecular complexity index is 1620. The smallest absolute Gasteiger partial charge is 0.341 e. The van der Waals surface area contributed by atoms with Crippen LogP contribution in [0.15, 0.2) is 53.5 Å². The summed E-state index contributed by atoms with van der Waals surface area (Å²) in [4.78, 5) is 28.8. The summed E-state index contributed by atoms with van der Waals surface area (Å²) in [6.07, 6.45) is 1.36. The fourth-order valence-electron chi connectivity index (χ4n) is 5.68. The van der Waals surface area contributed by atoms with Crippen molar-refractivity contribution in [1.82, 2.24) is 9.47 Å². The number of carboxylic acid groups (broad SMARTS) is 1. The topological polar surface area (TPSA) is 75.0 Å². The number of rotatable bonds is 4. The normalized spacial score (nSPS) is 17.8. The average molecular weight is 502 g/mol. The van der Waals surface area contributed by atoms with E-state index < -0.39 is 17.2 Å². The highest BCUT2D eigenvalue weighted by atomic mass is 19.1. The van der Waals surface area contributed by atoms with E-state index in [2.05, 4.69) is 48.2 Å². The Hall–Kier alpha value is -3.91. The molecule has 1 saturated heterocycles. The minimum absolute atomic E-state index is 0.0348. The third kappa shape index (κ3) is 3.83. The number of carbonyl (C=O) groups is 1. The van der Waals surface area contributed by atoms with Gasteiger partial charge in [0.15, 0.2) is 11.6 Å². The number of hydrogen-bond acceptors (Lipinski definition) is 5. The van der Waals surface area contributed by atoms with Gasteiger partial charge in [0.1, 0.15) is 17.9 Å². The molecule has 0 unspecified atom stereocenters. The standard InChI is InChI=1S/C29H28FN3O4/c1-17-7-8-19(21-6-4-3-5-20(17)21)14-31-9-11-32(12-10-31)26-24(30)13-22-25-28(26)37-16-18(2)33(25)15-23(27(22)34)29(35)36/h3-8,13,15,18H,9-12,14,16H2,1-2H3,(H,35,36)/t18-/m0/s1. The van der Waals surface area contributed by atoms with Crippen molar-refractivity contribution in [3.05, 3.63) is 81.4 Å². The van der Waals surface area contributed by atoms with Crippen molar-refractivity contribution in [3.8, 4) is 5.75 Å². The van der Waals surface area contributed by atoms with Gasteiger partial charge in [0.25, 0.3) is 0 Å². The number of carboxylic acids is 1. The van der Waals surface area contributed by atoms with E-state index in [4.69, 9.17) is 4.74 Å². The Balaban J connectivity index is 1.31. The van der Waals surface area contributed by atoms with Crippen LogP contribution in [0.1, 0.15) is 34.5 Å². The molecular weight excluding hydrogens is 473 g/mol. The number of aryl methyl sites for hydroxylation is 1. The molecule has 0 radical (unpaired) electrons. The molecule has 7 nitrogen and oxygen atoms in total. The van der Waals surface area contributed by atoms with E-state index in [0.717, 1.165) is 19.6 Å². The van der Waals surface area contributed by atoms with E-state index in [1.54, 1.807) is 4.57 Å². The van der Waals surface area contributed by atoms with Gasteiger partial charge in [0.05, 0.1) is 16.9 Å². The van der Waals surface area contributed by atoms with Crippen molar-refractivity contribution in [2.24, 2.45) is 0 Å². The van der Waals surface area contributed by atoms with Crippen LogP contribution in [0.3, 0.4) is 0 Å². The van der Waals surface area contributed by atoms with Crippen LogP contribution in [-0.4, -0.2) is 53.3 Å². The Morgan fingerprint density at radius 3 is 2.54 bits per heavy atom. The second-order valence-corrected chi connectivity index (χ2v) is 10.0. The molecule has 4 aromatic rings. The lowest BCUT2D eigenvalue weighted by Crippen LogP contribution is -2.46. The number of aromatic nitrogens is 1. The van der Waals surface area contributed by atoms with Crippen molar-refractivity contribution < 1.29 is 19.0 Å². The van der Waals surface area contributed by atoms with Gasteiger partial charge in [0.2, 0.25) is 5.43 Å². The summed E-state index contributed by atoms with van der Waals surface area (Å²) in [6.45, 7) is 7.80. The van der Waals surface area contributed by atoms with Gasteiger partial charge in [-0.3, -0.25) is 9.69 Å². The molecule has 1 aromatic heterocycles. The summed E-state index contributed by atoms with van der Waals surface area (Å²) in [7, 11) is 0. The molecule has 0 saturated carbocycles. The summed E-state index contributed by atoms with van der Waals surface area (Å²) < 4.78 is 23.3. The third-order valence-corrected chi connectivity index (χ3v) is 7.69. The molecule has 0 spiro atoms. The van der Waals surface area contributed by atoms with Crippen LogP contribution in [-0.2, 0) is 6.54 Å². The number of piperazine rings is 1. The molecule has 3 heterocycles. The van der Waals surface area contributed by atoms with Gasteiger partial charge in [-0.05, 0) is 41.8 Å². The number of fused-ring (bicyclic) bond motifs is 1. The first-order valence-corrected chi connectivity index (χ1v) is 12.6. The van der Waals surface area contributed by atoms with Gasteiger partial charge < -0.3 is 19.3 Å². The number of halogens is 1. The number of aromatic carboxylic acids is 1. The van der Waals surface area contributed by atoms with Crippen LogP contribution >= 0.6 is 0 Å². The Kier molecular flexibility index (Phi) is 5.64. The molecule has 2 aliphatic rings. The highest BCUT2D eigenvalue weighted by Crippen LogP contribution is 2.42. The molecule has 0 aliphatic carbocycles. The number of nitrogens with zero attached hydrogens (tertiary/aromatic N) is 3. The molecule has 1 fully saturated rings. The molecular formula is C29H28FN3O4. The number of ether oxygens (including phenoxy) is 1. The van der Waals surface area contributed by atoms with E-state index in [1.807, 2.05) is 11.8 Å². The second kappa shape index (κ2) is 8.88. The average Bonchev–Trinajstić information content (AvgIpc) is 2.89. The highest BCUT2D eigenvalue weighted by Gasteiger charge is 2.31. The zero-order valence-electron chi connectivity index (χ0n) is 20.8. The molecule has 2 aliphatic heterocycles. The first-order valence-electron chi connectivity index (χ1n) is 12.6. The maximum Gasteiger partial charge on any atom is 0.341 e. The van der Waals surface area contributed by atoms with Gasteiger partial charge in [-0.1, -0.05) is 36.4 Å². The van der Waals surface area contributed by atoms with Crippen molar-refractivity contribution >= 4 is 33.3 Å². The Morgan fingerprint density at radius 2 is 1.81 bits per heavy atom. The van der Waals surface area contributed by atoms with Crippen LogP contribution < -0.4 is 15.1 Å². The minimum Gasteiger partial charge on any atom is -0.487 e. The van der Waals surface area contributed by atoms with E-state index in [1.165, 1.54) is 34.2 Å². The van der Waals surface area contributed by atoms with E-state index in [0.29, 0.717) is 30.0 Å². The van der Waals surface area contributed by atoms with Gasteiger partial charge in [-0.25, -0.2) is 9.18 Å². The molecule has 0 bridgehead atoms. The monoisotopic (exact) mass is 501 g/mol. The summed E-state index contributed by atoms with van der Waals surface area (Å²) in [5.41, 5.74) is 2.27. The molecule has 190 valence electrons. The quantitative estimate of drug-likeness (QED) is 0.441. The van der Waals surface area contributed by atoms with Crippen molar-refractivity contribution in [1.29, 1.82) is 0 Å². The molecule has 1 atom stereocenters. The lowest BCUT2D eigenvalue weighted by atomic mass is 10.00. The van der Waals surface area contributed by atoms with Crippen LogP contribution in [0.5, 0.6) is 5.75 Å². The number of anilines is 1. The zero-order valence-corrected chi connectivity index (χ0v) is 20.8. The SMILES string of the molecule is Cc1ccc(CN2CCN(c3c(F)cc4c(=O)c(C(=O)O)cn5c4c3OC[C@@H]5C)CC2)c2ccccc12. The third-order valence-electron chi connectivity index (χ3n) is 7.69. The predicted molar refractivity (Wildman–Crippen MR) is 142 cm³/mol. The maximum absolute atomic E-state index is 15.5. The van der Waals surface area contributed by atoms with Crippen LogP contribution in [0.4, 0.5) is 10.1 Å². The van der Waals surface area contributed by atoms with Crippen molar-refractivity contribution in [2.75, 3.05) is 37.7 Å². The van der Waals surface area contributed by atoms with E-state index in [9.17, 15) is 14.7 Å². The molecule has 37 heavy (non-hydrogen) atoms.